The van der Waals surface area contributed by atoms with Crippen molar-refractivity contribution in [1.82, 2.24) is 0 Å². The van der Waals surface area contributed by atoms with Gasteiger partial charge in [0.05, 0.1) is 10.6 Å². The summed E-state index contributed by atoms with van der Waals surface area (Å²) >= 11 is 0. The molecule has 0 spiro atoms. The summed E-state index contributed by atoms with van der Waals surface area (Å²) in [5.74, 6) is -0.675. The van der Waals surface area contributed by atoms with E-state index in [1.54, 1.807) is 0 Å². The highest BCUT2D eigenvalue weighted by Gasteiger charge is 2.39. The highest BCUT2D eigenvalue weighted by Crippen LogP contribution is 2.35. The first-order valence-electron chi connectivity index (χ1n) is 6.98. The van der Waals surface area contributed by atoms with Crippen molar-refractivity contribution < 1.29 is 18.0 Å². The molecule has 0 fully saturated rings. The van der Waals surface area contributed by atoms with Gasteiger partial charge in [0.15, 0.2) is 0 Å². The summed E-state index contributed by atoms with van der Waals surface area (Å²) in [6.07, 6.45) is 2.96. The van der Waals surface area contributed by atoms with E-state index in [4.69, 9.17) is 5.53 Å². The number of azide groups is 1. The van der Waals surface area contributed by atoms with Crippen molar-refractivity contribution >= 4 is 27.5 Å². The molecule has 118 valence electrons. The summed E-state index contributed by atoms with van der Waals surface area (Å²) in [4.78, 5) is 27.9. The molecule has 0 bridgehead atoms. The summed E-state index contributed by atoms with van der Waals surface area (Å²) in [5.41, 5.74) is 9.68. The number of hydrogen-bond acceptors (Lipinski definition) is 4. The molecule has 1 aliphatic heterocycles. The lowest BCUT2D eigenvalue weighted by atomic mass is 9.93. The third-order valence-corrected chi connectivity index (χ3v) is 5.08. The van der Waals surface area contributed by atoms with Crippen LogP contribution in [0.3, 0.4) is 0 Å². The van der Waals surface area contributed by atoms with Gasteiger partial charge in [-0.25, -0.2) is 13.3 Å². The summed E-state index contributed by atoms with van der Waals surface area (Å²) < 4.78 is 26.0. The SMILES string of the molecule is [N-]=[N+]=NS(=O)(=O)c1ccc(N2C(=O)C3=C(CCCC3)C2=O)cc1. The molecular formula is C14H12N4O4S. The van der Waals surface area contributed by atoms with Crippen LogP contribution in [-0.4, -0.2) is 20.2 Å². The van der Waals surface area contributed by atoms with Gasteiger partial charge in [0.2, 0.25) is 0 Å². The molecule has 23 heavy (non-hydrogen) atoms. The fourth-order valence-corrected chi connectivity index (χ4v) is 3.51. The van der Waals surface area contributed by atoms with Crippen molar-refractivity contribution in [3.05, 3.63) is 45.9 Å². The van der Waals surface area contributed by atoms with Gasteiger partial charge in [0, 0.05) is 20.6 Å². The molecule has 1 heterocycles. The molecule has 0 aromatic heterocycles. The molecule has 1 aromatic rings. The molecule has 0 saturated heterocycles. The van der Waals surface area contributed by atoms with Crippen LogP contribution in [0.15, 0.2) is 44.8 Å². The average molecular weight is 332 g/mol. The minimum absolute atomic E-state index is 0.198. The van der Waals surface area contributed by atoms with E-state index in [1.165, 1.54) is 24.3 Å². The van der Waals surface area contributed by atoms with Crippen molar-refractivity contribution in [2.45, 2.75) is 30.6 Å². The Hall–Kier alpha value is -2.64. The maximum Gasteiger partial charge on any atom is 0.264 e. The van der Waals surface area contributed by atoms with Gasteiger partial charge in [0.25, 0.3) is 21.8 Å². The van der Waals surface area contributed by atoms with E-state index in [2.05, 4.69) is 9.43 Å². The molecule has 8 nitrogen and oxygen atoms in total. The van der Waals surface area contributed by atoms with E-state index in [0.717, 1.165) is 17.7 Å². The van der Waals surface area contributed by atoms with Crippen LogP contribution in [0.2, 0.25) is 0 Å². The van der Waals surface area contributed by atoms with Crippen LogP contribution in [0, 0.1) is 0 Å². The van der Waals surface area contributed by atoms with E-state index >= 15 is 0 Å². The Morgan fingerprint density at radius 2 is 1.52 bits per heavy atom. The number of benzene rings is 1. The minimum atomic E-state index is -4.09. The molecule has 0 saturated carbocycles. The molecule has 0 radical (unpaired) electrons. The fraction of sp³-hybridized carbons (Fsp3) is 0.286. The third kappa shape index (κ3) is 2.49. The maximum absolute atomic E-state index is 12.4. The van der Waals surface area contributed by atoms with Crippen LogP contribution in [0.4, 0.5) is 5.69 Å². The summed E-state index contributed by atoms with van der Waals surface area (Å²) in [6, 6.07) is 5.12. The molecule has 2 aliphatic rings. The second-order valence-corrected chi connectivity index (χ2v) is 6.83. The smallest absolute Gasteiger partial charge is 0.264 e. The summed E-state index contributed by atoms with van der Waals surface area (Å²) in [5, 5.41) is 0. The predicted octanol–water partition coefficient (Wildman–Crippen LogP) is 2.43. The molecular weight excluding hydrogens is 320 g/mol. The Bertz CT molecular complexity index is 852. The Kier molecular flexibility index (Phi) is 3.67. The van der Waals surface area contributed by atoms with Crippen molar-refractivity contribution in [3.8, 4) is 0 Å². The largest absolute Gasteiger partial charge is 0.269 e. The van der Waals surface area contributed by atoms with Gasteiger partial charge in [-0.05, 0) is 55.5 Å². The highest BCUT2D eigenvalue weighted by atomic mass is 32.2. The monoisotopic (exact) mass is 332 g/mol. The van der Waals surface area contributed by atoms with Gasteiger partial charge in [-0.2, -0.15) is 0 Å². The molecule has 1 aliphatic carbocycles. The van der Waals surface area contributed by atoms with Crippen LogP contribution < -0.4 is 4.90 Å². The molecule has 0 atom stereocenters. The molecule has 0 unspecified atom stereocenters. The number of nitrogens with zero attached hydrogens (tertiary/aromatic N) is 4. The van der Waals surface area contributed by atoms with E-state index < -0.39 is 10.0 Å². The number of sulfonamides is 1. The lowest BCUT2D eigenvalue weighted by Gasteiger charge is -2.15. The Morgan fingerprint density at radius 3 is 2.00 bits per heavy atom. The first-order valence-corrected chi connectivity index (χ1v) is 8.42. The zero-order valence-electron chi connectivity index (χ0n) is 12.0. The lowest BCUT2D eigenvalue weighted by Crippen LogP contribution is -2.31. The number of hydrogen-bond donors (Lipinski definition) is 0. The van der Waals surface area contributed by atoms with E-state index in [-0.39, 0.29) is 16.7 Å². The number of amides is 2. The second kappa shape index (κ2) is 5.53. The standard InChI is InChI=1S/C14H12N4O4S/c15-16-17-23(21,22)10-7-5-9(6-8-10)18-13(19)11-3-1-2-4-12(11)14(18)20/h5-8H,1-4H2. The average Bonchev–Trinajstić information content (AvgIpc) is 2.79. The normalized spacial score (nSPS) is 18.0. The Morgan fingerprint density at radius 1 is 1.00 bits per heavy atom. The van der Waals surface area contributed by atoms with Gasteiger partial charge < -0.3 is 0 Å². The van der Waals surface area contributed by atoms with E-state index in [9.17, 15) is 18.0 Å². The molecule has 1 aromatic carbocycles. The van der Waals surface area contributed by atoms with E-state index in [0.29, 0.717) is 29.7 Å². The van der Waals surface area contributed by atoms with Crippen LogP contribution in [0.1, 0.15) is 25.7 Å². The molecule has 0 N–H and O–H groups in total. The van der Waals surface area contributed by atoms with Crippen molar-refractivity contribution in [1.29, 1.82) is 0 Å². The Balaban J connectivity index is 1.94. The van der Waals surface area contributed by atoms with Crippen LogP contribution in [0.25, 0.3) is 10.4 Å². The van der Waals surface area contributed by atoms with Crippen LogP contribution >= 0.6 is 0 Å². The number of rotatable bonds is 3. The van der Waals surface area contributed by atoms with Gasteiger partial charge in [-0.15, -0.1) is 0 Å². The van der Waals surface area contributed by atoms with Crippen molar-refractivity contribution in [3.63, 3.8) is 0 Å². The lowest BCUT2D eigenvalue weighted by molar-refractivity contribution is -0.120. The number of imide groups is 1. The van der Waals surface area contributed by atoms with Crippen LogP contribution in [-0.2, 0) is 19.6 Å². The Labute approximate surface area is 132 Å². The molecule has 9 heteroatoms. The number of carbonyl (C=O) groups is 2. The quantitative estimate of drug-likeness (QED) is 0.365. The number of carbonyl (C=O) groups excluding carboxylic acids is 2. The topological polar surface area (TPSA) is 120 Å². The number of anilines is 1. The first-order chi connectivity index (χ1) is 11.0. The molecule has 3 rings (SSSR count). The summed E-state index contributed by atoms with van der Waals surface area (Å²) in [7, 11) is -4.09. The van der Waals surface area contributed by atoms with Crippen molar-refractivity contribution in [2.24, 2.45) is 4.52 Å². The second-order valence-electron chi connectivity index (χ2n) is 5.25. The third-order valence-electron chi connectivity index (χ3n) is 3.93. The van der Waals surface area contributed by atoms with Crippen molar-refractivity contribution in [2.75, 3.05) is 4.90 Å². The van der Waals surface area contributed by atoms with E-state index in [1.807, 2.05) is 0 Å². The maximum atomic E-state index is 12.4. The first kappa shape index (κ1) is 15.3. The minimum Gasteiger partial charge on any atom is -0.269 e. The van der Waals surface area contributed by atoms with Gasteiger partial charge in [0.1, 0.15) is 0 Å². The van der Waals surface area contributed by atoms with Gasteiger partial charge >= 0.3 is 0 Å². The summed E-state index contributed by atoms with van der Waals surface area (Å²) in [6.45, 7) is 0. The zero-order valence-corrected chi connectivity index (χ0v) is 12.8. The highest BCUT2D eigenvalue weighted by molar-refractivity contribution is 7.90. The van der Waals surface area contributed by atoms with Crippen LogP contribution in [0.5, 0.6) is 0 Å². The zero-order chi connectivity index (χ0) is 16.6. The van der Waals surface area contributed by atoms with Gasteiger partial charge in [-0.1, -0.05) is 0 Å². The predicted molar refractivity (Wildman–Crippen MR) is 80.8 cm³/mol. The van der Waals surface area contributed by atoms with Gasteiger partial charge in [-0.3, -0.25) is 9.59 Å². The molecule has 2 amide bonds. The fourth-order valence-electron chi connectivity index (χ4n) is 2.84.